The van der Waals surface area contributed by atoms with Crippen LogP contribution in [0.15, 0.2) is 36.5 Å². The lowest BCUT2D eigenvalue weighted by Crippen LogP contribution is -2.40. The Balaban J connectivity index is 4.39. The Kier molecular flexibility index (Phi) is 40.9. The molecular formula is C48H88N2O5. The minimum Gasteiger partial charge on any atom is -0.480 e. The monoisotopic (exact) mass is 773 g/mol. The summed E-state index contributed by atoms with van der Waals surface area (Å²) in [7, 11) is 0. The fraction of sp³-hybridized carbons (Fsp3) is 0.812. The first-order valence-corrected chi connectivity index (χ1v) is 23.3. The van der Waals surface area contributed by atoms with Crippen LogP contribution >= 0.6 is 0 Å². The topological polar surface area (TPSA) is 119 Å². The Hall–Kier alpha value is -2.41. The van der Waals surface area contributed by atoms with Crippen LogP contribution in [0.3, 0.4) is 0 Å². The summed E-state index contributed by atoms with van der Waals surface area (Å²) in [4.78, 5) is 36.4. The van der Waals surface area contributed by atoms with Crippen LogP contribution in [0.1, 0.15) is 232 Å². The lowest BCUT2D eigenvalue weighted by atomic mass is 10.0. The first-order valence-electron chi connectivity index (χ1n) is 23.3. The summed E-state index contributed by atoms with van der Waals surface area (Å²) in [5, 5.41) is 12.0. The molecule has 0 spiro atoms. The van der Waals surface area contributed by atoms with Crippen molar-refractivity contribution < 1.29 is 24.2 Å². The Labute approximate surface area is 339 Å². The highest BCUT2D eigenvalue weighted by Crippen LogP contribution is 2.18. The van der Waals surface area contributed by atoms with Crippen molar-refractivity contribution in [2.75, 3.05) is 6.54 Å². The molecule has 7 nitrogen and oxygen atoms in total. The molecule has 0 aliphatic rings. The van der Waals surface area contributed by atoms with Crippen molar-refractivity contribution in [1.29, 1.82) is 0 Å². The number of hydrogen-bond donors (Lipinski definition) is 3. The third-order valence-corrected chi connectivity index (χ3v) is 10.4. The summed E-state index contributed by atoms with van der Waals surface area (Å²) in [6.45, 7) is 4.93. The van der Waals surface area contributed by atoms with Gasteiger partial charge in [0.15, 0.2) is 0 Å². The smallest absolute Gasteiger partial charge is 0.326 e. The lowest BCUT2D eigenvalue weighted by Gasteiger charge is -2.18. The average Bonchev–Trinajstić information content (AvgIpc) is 3.17. The van der Waals surface area contributed by atoms with Gasteiger partial charge in [-0.25, -0.2) is 4.79 Å². The molecule has 2 unspecified atom stereocenters. The molecule has 55 heavy (non-hydrogen) atoms. The van der Waals surface area contributed by atoms with Crippen molar-refractivity contribution in [1.82, 2.24) is 5.32 Å². The quantitative estimate of drug-likeness (QED) is 0.0323. The molecular weight excluding hydrogens is 685 g/mol. The molecule has 0 aromatic rings. The molecule has 0 aliphatic carbocycles. The highest BCUT2D eigenvalue weighted by Gasteiger charge is 2.19. The normalized spacial score (nSPS) is 12.9. The molecule has 0 fully saturated rings. The number of amides is 1. The zero-order valence-electron chi connectivity index (χ0n) is 36.0. The largest absolute Gasteiger partial charge is 0.480 e. The molecule has 0 rings (SSSR count). The maximum atomic E-state index is 12.8. The zero-order valence-corrected chi connectivity index (χ0v) is 36.0. The van der Waals surface area contributed by atoms with Crippen molar-refractivity contribution in [3.63, 3.8) is 0 Å². The summed E-state index contributed by atoms with van der Waals surface area (Å²) >= 11 is 0. The summed E-state index contributed by atoms with van der Waals surface area (Å²) in [5.74, 6) is -1.25. The first kappa shape index (κ1) is 52.6. The Morgan fingerprint density at radius 3 is 1.44 bits per heavy atom. The summed E-state index contributed by atoms with van der Waals surface area (Å²) in [5.41, 5.74) is 5.49. The molecule has 1 amide bonds. The number of ether oxygens (including phenoxy) is 1. The lowest BCUT2D eigenvalue weighted by molar-refractivity contribution is -0.150. The number of aliphatic carboxylic acids is 1. The predicted octanol–water partition coefficient (Wildman–Crippen LogP) is 13.4. The van der Waals surface area contributed by atoms with Crippen LogP contribution in [0.25, 0.3) is 0 Å². The van der Waals surface area contributed by atoms with Crippen LogP contribution in [-0.4, -0.2) is 41.6 Å². The van der Waals surface area contributed by atoms with Gasteiger partial charge in [0.1, 0.15) is 12.1 Å². The van der Waals surface area contributed by atoms with Gasteiger partial charge in [-0.15, -0.1) is 0 Å². The summed E-state index contributed by atoms with van der Waals surface area (Å²) < 4.78 is 6.05. The Morgan fingerprint density at radius 2 is 0.945 bits per heavy atom. The SMILES string of the molecule is CCCCCCC/C=C\C/C=C\CCCCCC(CCCCCCCC(=O)NC(CCCN)C(=O)O)OC(=O)CCCCCCC/C=C\CCCCCCC. The van der Waals surface area contributed by atoms with E-state index in [9.17, 15) is 19.5 Å². The second kappa shape index (κ2) is 42.7. The van der Waals surface area contributed by atoms with E-state index in [1.807, 2.05) is 0 Å². The molecule has 0 saturated heterocycles. The minimum absolute atomic E-state index is 0.0131. The summed E-state index contributed by atoms with van der Waals surface area (Å²) in [6, 6.07) is -0.860. The fourth-order valence-corrected chi connectivity index (χ4v) is 6.89. The number of rotatable bonds is 42. The Morgan fingerprint density at radius 1 is 0.527 bits per heavy atom. The highest BCUT2D eigenvalue weighted by atomic mass is 16.5. The van der Waals surface area contributed by atoms with Gasteiger partial charge in [-0.05, 0) is 116 Å². The number of unbranched alkanes of at least 4 members (excludes halogenated alkanes) is 22. The maximum Gasteiger partial charge on any atom is 0.326 e. The molecule has 0 heterocycles. The van der Waals surface area contributed by atoms with Crippen LogP contribution < -0.4 is 11.1 Å². The number of carboxylic acid groups (broad SMARTS) is 1. The molecule has 0 saturated carbocycles. The molecule has 0 radical (unpaired) electrons. The number of allylic oxidation sites excluding steroid dienone is 6. The van der Waals surface area contributed by atoms with Gasteiger partial charge in [-0.2, -0.15) is 0 Å². The van der Waals surface area contributed by atoms with Crippen LogP contribution in [0.5, 0.6) is 0 Å². The molecule has 0 aliphatic heterocycles. The van der Waals surface area contributed by atoms with E-state index >= 15 is 0 Å². The number of nitrogens with two attached hydrogens (primary N) is 1. The number of carbonyl (C=O) groups is 3. The van der Waals surface area contributed by atoms with Gasteiger partial charge >= 0.3 is 11.9 Å². The van der Waals surface area contributed by atoms with Gasteiger partial charge in [0, 0.05) is 12.8 Å². The van der Waals surface area contributed by atoms with Crippen molar-refractivity contribution in [3.05, 3.63) is 36.5 Å². The van der Waals surface area contributed by atoms with Crippen LogP contribution in [-0.2, 0) is 19.1 Å². The van der Waals surface area contributed by atoms with Crippen molar-refractivity contribution in [3.8, 4) is 0 Å². The van der Waals surface area contributed by atoms with Gasteiger partial charge in [0.25, 0.3) is 0 Å². The highest BCUT2D eigenvalue weighted by molar-refractivity contribution is 5.83. The molecule has 0 bridgehead atoms. The van der Waals surface area contributed by atoms with Crippen molar-refractivity contribution in [2.45, 2.75) is 244 Å². The second-order valence-corrected chi connectivity index (χ2v) is 15.8. The van der Waals surface area contributed by atoms with Gasteiger partial charge in [0.2, 0.25) is 5.91 Å². The molecule has 4 N–H and O–H groups in total. The van der Waals surface area contributed by atoms with Crippen LogP contribution in [0.2, 0.25) is 0 Å². The van der Waals surface area contributed by atoms with E-state index in [-0.39, 0.29) is 18.0 Å². The zero-order chi connectivity index (χ0) is 40.3. The van der Waals surface area contributed by atoms with Gasteiger partial charge < -0.3 is 20.9 Å². The molecule has 0 aromatic heterocycles. The number of hydrogen-bond acceptors (Lipinski definition) is 5. The maximum absolute atomic E-state index is 12.8. The van der Waals surface area contributed by atoms with E-state index in [2.05, 4.69) is 55.6 Å². The number of nitrogens with one attached hydrogen (secondary N) is 1. The van der Waals surface area contributed by atoms with E-state index in [1.165, 1.54) is 109 Å². The van der Waals surface area contributed by atoms with E-state index in [4.69, 9.17) is 10.5 Å². The molecule has 320 valence electrons. The van der Waals surface area contributed by atoms with Crippen LogP contribution in [0, 0.1) is 0 Å². The minimum atomic E-state index is -1.01. The van der Waals surface area contributed by atoms with Crippen molar-refractivity contribution in [2.24, 2.45) is 5.73 Å². The Bertz CT molecular complexity index is 962. The van der Waals surface area contributed by atoms with Gasteiger partial charge in [-0.1, -0.05) is 147 Å². The summed E-state index contributed by atoms with van der Waals surface area (Å²) in [6.07, 6.45) is 50.4. The number of esters is 1. The van der Waals surface area contributed by atoms with E-state index < -0.39 is 12.0 Å². The molecule has 7 heteroatoms. The van der Waals surface area contributed by atoms with Gasteiger partial charge in [0.05, 0.1) is 0 Å². The molecule has 0 aromatic carbocycles. The van der Waals surface area contributed by atoms with E-state index in [0.717, 1.165) is 83.5 Å². The van der Waals surface area contributed by atoms with Gasteiger partial charge in [-0.3, -0.25) is 9.59 Å². The second-order valence-electron chi connectivity index (χ2n) is 15.8. The van der Waals surface area contributed by atoms with E-state index in [1.54, 1.807) is 0 Å². The number of carbonyl (C=O) groups excluding carboxylic acids is 2. The first-order chi connectivity index (χ1) is 26.9. The third kappa shape index (κ3) is 39.6. The van der Waals surface area contributed by atoms with Crippen molar-refractivity contribution >= 4 is 17.8 Å². The molecule has 2 atom stereocenters. The average molecular weight is 773 g/mol. The van der Waals surface area contributed by atoms with Crippen LogP contribution in [0.4, 0.5) is 0 Å². The predicted molar refractivity (Wildman–Crippen MR) is 234 cm³/mol. The third-order valence-electron chi connectivity index (χ3n) is 10.4. The standard InChI is InChI=1S/C48H88N2O5/c1-3-5-7-9-11-13-15-17-19-20-22-24-26-29-33-38-44(39-34-30-28-31-35-41-46(51)50-45(48(53)54)40-37-43-49)55-47(52)42-36-32-27-25-23-21-18-16-14-12-10-8-6-4-2/h15-18,20,22,44-45H,3-14,19,21,23-43,49H2,1-2H3,(H,50,51)(H,53,54)/b17-15-,18-16-,22-20-. The van der Waals surface area contributed by atoms with E-state index in [0.29, 0.717) is 32.2 Å². The number of carboxylic acids is 1. The fourth-order valence-electron chi connectivity index (χ4n) is 6.89.